The Morgan fingerprint density at radius 2 is 2.25 bits per heavy atom. The van der Waals surface area contributed by atoms with E-state index in [1.165, 1.54) is 0 Å². The summed E-state index contributed by atoms with van der Waals surface area (Å²) in [7, 11) is 0. The van der Waals surface area contributed by atoms with E-state index in [-0.39, 0.29) is 30.1 Å². The number of nitrogens with zero attached hydrogens (tertiary/aromatic N) is 3. The van der Waals surface area contributed by atoms with Gasteiger partial charge in [-0.05, 0) is 37.7 Å². The largest absolute Gasteiger partial charge is 0.376 e. The first-order valence-electron chi connectivity index (χ1n) is 9.16. The van der Waals surface area contributed by atoms with Gasteiger partial charge in [0.25, 0.3) is 5.91 Å². The van der Waals surface area contributed by atoms with E-state index in [1.54, 1.807) is 6.20 Å². The number of rotatable bonds is 7. The summed E-state index contributed by atoms with van der Waals surface area (Å²) in [4.78, 5) is 15.1. The zero-order valence-electron chi connectivity index (χ0n) is 14.8. The number of likely N-dealkylation sites (tertiary alicyclic amines) is 1. The normalized spacial score (nSPS) is 25.5. The lowest BCUT2D eigenvalue weighted by Crippen LogP contribution is -2.47. The van der Waals surface area contributed by atoms with E-state index in [0.717, 1.165) is 45.4 Å². The summed E-state index contributed by atoms with van der Waals surface area (Å²) in [5.41, 5.74) is 0. The van der Waals surface area contributed by atoms with Crippen molar-refractivity contribution in [2.24, 2.45) is 5.92 Å². The predicted molar refractivity (Wildman–Crippen MR) is 90.5 cm³/mol. The lowest BCUT2D eigenvalue weighted by Gasteiger charge is -2.31. The quantitative estimate of drug-likeness (QED) is 0.766. The van der Waals surface area contributed by atoms with Gasteiger partial charge < -0.3 is 14.4 Å². The van der Waals surface area contributed by atoms with Crippen molar-refractivity contribution in [3.05, 3.63) is 18.5 Å². The van der Waals surface area contributed by atoms with Crippen LogP contribution >= 0.6 is 0 Å². The molecule has 24 heavy (non-hydrogen) atoms. The maximum Gasteiger partial charge on any atom is 0.252 e. The van der Waals surface area contributed by atoms with Gasteiger partial charge in [0.2, 0.25) is 0 Å². The number of carbonyl (C=O) groups is 1. The lowest BCUT2D eigenvalue weighted by atomic mass is 10.1. The number of ether oxygens (including phenoxy) is 2. The van der Waals surface area contributed by atoms with Gasteiger partial charge >= 0.3 is 0 Å². The fourth-order valence-electron chi connectivity index (χ4n) is 3.64. The number of amides is 1. The molecule has 0 spiro atoms. The summed E-state index contributed by atoms with van der Waals surface area (Å²) in [6.45, 7) is 7.01. The lowest BCUT2D eigenvalue weighted by molar-refractivity contribution is -0.150. The van der Waals surface area contributed by atoms with E-state index in [1.807, 2.05) is 21.8 Å². The third-order valence-corrected chi connectivity index (χ3v) is 4.95. The Bertz CT molecular complexity index is 512. The van der Waals surface area contributed by atoms with Crippen LogP contribution in [-0.2, 0) is 20.8 Å². The summed E-state index contributed by atoms with van der Waals surface area (Å²) in [5.74, 6) is 0.280. The van der Waals surface area contributed by atoms with Crippen molar-refractivity contribution in [2.75, 3.05) is 19.8 Å². The van der Waals surface area contributed by atoms with Crippen LogP contribution < -0.4 is 0 Å². The maximum atomic E-state index is 13.1. The molecule has 0 aliphatic carbocycles. The molecule has 0 aromatic carbocycles. The summed E-state index contributed by atoms with van der Waals surface area (Å²) >= 11 is 0. The average molecular weight is 335 g/mol. The van der Waals surface area contributed by atoms with E-state index in [9.17, 15) is 4.79 Å². The number of hydrogen-bond acceptors (Lipinski definition) is 4. The van der Waals surface area contributed by atoms with Gasteiger partial charge in [0, 0.05) is 25.5 Å². The second kappa shape index (κ2) is 8.12. The van der Waals surface area contributed by atoms with Gasteiger partial charge in [0.1, 0.15) is 6.10 Å². The Balaban J connectivity index is 1.59. The Morgan fingerprint density at radius 3 is 2.92 bits per heavy atom. The van der Waals surface area contributed by atoms with E-state index in [2.05, 4.69) is 18.9 Å². The van der Waals surface area contributed by atoms with E-state index >= 15 is 0 Å². The SMILES string of the molecule is CC(C)[C@H](OC[C@H]1CCCO1)C(=O)N1CCC[C@H]1Cn1cccn1. The topological polar surface area (TPSA) is 56.6 Å². The molecule has 0 bridgehead atoms. The van der Waals surface area contributed by atoms with Gasteiger partial charge in [-0.1, -0.05) is 13.8 Å². The summed E-state index contributed by atoms with van der Waals surface area (Å²) < 4.78 is 13.5. The number of carbonyl (C=O) groups excluding carboxylic acids is 1. The highest BCUT2D eigenvalue weighted by atomic mass is 16.5. The molecular formula is C18H29N3O3. The molecule has 0 unspecified atom stereocenters. The Morgan fingerprint density at radius 1 is 1.38 bits per heavy atom. The molecular weight excluding hydrogens is 306 g/mol. The van der Waals surface area contributed by atoms with Gasteiger partial charge in [-0.15, -0.1) is 0 Å². The maximum absolute atomic E-state index is 13.1. The molecule has 6 nitrogen and oxygen atoms in total. The van der Waals surface area contributed by atoms with Crippen molar-refractivity contribution in [3.8, 4) is 0 Å². The highest BCUT2D eigenvalue weighted by Gasteiger charge is 2.35. The van der Waals surface area contributed by atoms with Crippen molar-refractivity contribution in [3.63, 3.8) is 0 Å². The molecule has 0 N–H and O–H groups in total. The zero-order chi connectivity index (χ0) is 16.9. The van der Waals surface area contributed by atoms with Crippen molar-refractivity contribution < 1.29 is 14.3 Å². The Kier molecular flexibility index (Phi) is 5.89. The van der Waals surface area contributed by atoms with Crippen LogP contribution in [0.2, 0.25) is 0 Å². The summed E-state index contributed by atoms with van der Waals surface area (Å²) in [6.07, 6.45) is 7.70. The molecule has 0 radical (unpaired) electrons. The van der Waals surface area contributed by atoms with Crippen LogP contribution in [0.5, 0.6) is 0 Å². The number of hydrogen-bond donors (Lipinski definition) is 0. The van der Waals surface area contributed by atoms with Crippen molar-refractivity contribution in [1.29, 1.82) is 0 Å². The molecule has 1 aromatic heterocycles. The molecule has 0 saturated carbocycles. The van der Waals surface area contributed by atoms with Gasteiger partial charge in [-0.2, -0.15) is 5.10 Å². The van der Waals surface area contributed by atoms with Gasteiger partial charge in [0.15, 0.2) is 0 Å². The standard InChI is InChI=1S/C18H29N3O3/c1-14(2)17(24-13-16-7-4-11-23-16)18(22)21-10-3-6-15(21)12-20-9-5-8-19-20/h5,8-9,14-17H,3-4,6-7,10-13H2,1-2H3/t15-,16+,17-/m0/s1. The minimum Gasteiger partial charge on any atom is -0.376 e. The van der Waals surface area contributed by atoms with Crippen LogP contribution in [0.1, 0.15) is 39.5 Å². The molecule has 3 rings (SSSR count). The second-order valence-electron chi connectivity index (χ2n) is 7.19. The van der Waals surface area contributed by atoms with Crippen LogP contribution in [0, 0.1) is 5.92 Å². The third-order valence-electron chi connectivity index (χ3n) is 4.95. The molecule has 2 aliphatic heterocycles. The Labute approximate surface area is 144 Å². The smallest absolute Gasteiger partial charge is 0.252 e. The molecule has 6 heteroatoms. The number of aromatic nitrogens is 2. The second-order valence-corrected chi connectivity index (χ2v) is 7.19. The van der Waals surface area contributed by atoms with E-state index in [0.29, 0.717) is 6.61 Å². The molecule has 2 fully saturated rings. The molecule has 3 atom stereocenters. The molecule has 134 valence electrons. The average Bonchev–Trinajstić information content (AvgIpc) is 3.29. The van der Waals surface area contributed by atoms with Crippen LogP contribution in [0.15, 0.2) is 18.5 Å². The van der Waals surface area contributed by atoms with Crippen molar-refractivity contribution in [2.45, 2.75) is 64.3 Å². The van der Waals surface area contributed by atoms with Crippen LogP contribution in [0.25, 0.3) is 0 Å². The summed E-state index contributed by atoms with van der Waals surface area (Å²) in [6, 6.07) is 2.13. The molecule has 3 heterocycles. The minimum atomic E-state index is -0.382. The first kappa shape index (κ1) is 17.4. The molecule has 1 aromatic rings. The van der Waals surface area contributed by atoms with Crippen molar-refractivity contribution in [1.82, 2.24) is 14.7 Å². The van der Waals surface area contributed by atoms with Crippen LogP contribution in [-0.4, -0.2) is 58.6 Å². The van der Waals surface area contributed by atoms with Gasteiger partial charge in [0.05, 0.1) is 25.3 Å². The molecule has 2 aliphatic rings. The summed E-state index contributed by atoms with van der Waals surface area (Å²) in [5, 5.41) is 4.27. The first-order chi connectivity index (χ1) is 11.6. The Hall–Kier alpha value is -1.40. The minimum absolute atomic E-state index is 0.123. The van der Waals surface area contributed by atoms with Gasteiger partial charge in [-0.3, -0.25) is 9.48 Å². The highest BCUT2D eigenvalue weighted by Crippen LogP contribution is 2.23. The van der Waals surface area contributed by atoms with E-state index < -0.39 is 0 Å². The van der Waals surface area contributed by atoms with Gasteiger partial charge in [-0.25, -0.2) is 0 Å². The predicted octanol–water partition coefficient (Wildman–Crippen LogP) is 2.09. The third kappa shape index (κ3) is 4.16. The van der Waals surface area contributed by atoms with Crippen LogP contribution in [0.3, 0.4) is 0 Å². The van der Waals surface area contributed by atoms with Crippen LogP contribution in [0.4, 0.5) is 0 Å². The highest BCUT2D eigenvalue weighted by molar-refractivity contribution is 5.81. The fourth-order valence-corrected chi connectivity index (χ4v) is 3.64. The first-order valence-corrected chi connectivity index (χ1v) is 9.16. The van der Waals surface area contributed by atoms with E-state index in [4.69, 9.17) is 9.47 Å². The van der Waals surface area contributed by atoms with Crippen molar-refractivity contribution >= 4 is 5.91 Å². The molecule has 2 saturated heterocycles. The fraction of sp³-hybridized carbons (Fsp3) is 0.778. The molecule has 1 amide bonds. The monoisotopic (exact) mass is 335 g/mol. The zero-order valence-corrected chi connectivity index (χ0v) is 14.8.